The lowest BCUT2D eigenvalue weighted by Gasteiger charge is -2.17. The molecule has 0 bridgehead atoms. The molecule has 0 N–H and O–H groups in total. The molecule has 0 radical (unpaired) electrons. The van der Waals surface area contributed by atoms with Crippen LogP contribution in [0, 0.1) is 11.3 Å². The highest BCUT2D eigenvalue weighted by atomic mass is 32.2. The van der Waals surface area contributed by atoms with Gasteiger partial charge in [0.15, 0.2) is 9.84 Å². The highest BCUT2D eigenvalue weighted by molar-refractivity contribution is 7.92. The van der Waals surface area contributed by atoms with Crippen LogP contribution in [-0.2, 0) is 14.6 Å². The van der Waals surface area contributed by atoms with E-state index in [1.807, 2.05) is 6.07 Å². The summed E-state index contributed by atoms with van der Waals surface area (Å²) in [6.45, 7) is 3.63. The minimum absolute atomic E-state index is 0.214. The van der Waals surface area contributed by atoms with E-state index >= 15 is 0 Å². The van der Waals surface area contributed by atoms with Crippen molar-refractivity contribution in [2.75, 3.05) is 19.3 Å². The zero-order chi connectivity index (χ0) is 12.8. The van der Waals surface area contributed by atoms with Gasteiger partial charge in [0.25, 0.3) is 0 Å². The maximum absolute atomic E-state index is 11.6. The maximum atomic E-state index is 11.6. The number of rotatable bonds is 6. The Bertz CT molecular complexity index is 370. The molecular formula is C10H18N2O3S. The fraction of sp³-hybridized carbons (Fsp3) is 0.800. The van der Waals surface area contributed by atoms with Gasteiger partial charge in [-0.2, -0.15) is 5.26 Å². The minimum atomic E-state index is -3.35. The Morgan fingerprint density at radius 3 is 2.50 bits per heavy atom. The van der Waals surface area contributed by atoms with Gasteiger partial charge in [-0.1, -0.05) is 6.92 Å². The van der Waals surface area contributed by atoms with Crippen LogP contribution < -0.4 is 0 Å². The molecule has 1 unspecified atom stereocenters. The second kappa shape index (κ2) is 6.48. The van der Waals surface area contributed by atoms with Crippen molar-refractivity contribution in [1.29, 1.82) is 5.26 Å². The molecule has 0 aliphatic heterocycles. The van der Waals surface area contributed by atoms with Gasteiger partial charge >= 0.3 is 0 Å². The van der Waals surface area contributed by atoms with Crippen LogP contribution in [0.4, 0.5) is 0 Å². The molecule has 0 aromatic carbocycles. The SMILES string of the molecule is CCC(C)S(=O)(=O)CC(=O)N(C)CCC#N. The van der Waals surface area contributed by atoms with Crippen LogP contribution in [0.15, 0.2) is 0 Å². The van der Waals surface area contributed by atoms with Gasteiger partial charge in [0, 0.05) is 13.6 Å². The molecule has 1 amide bonds. The third-order valence-electron chi connectivity index (χ3n) is 2.50. The van der Waals surface area contributed by atoms with Crippen LogP contribution in [0.25, 0.3) is 0 Å². The lowest BCUT2D eigenvalue weighted by molar-refractivity contribution is -0.127. The average Bonchev–Trinajstić information content (AvgIpc) is 2.23. The quantitative estimate of drug-likeness (QED) is 0.686. The molecular weight excluding hydrogens is 228 g/mol. The Balaban J connectivity index is 4.40. The summed E-state index contributed by atoms with van der Waals surface area (Å²) < 4.78 is 23.3. The van der Waals surface area contributed by atoms with Crippen LogP contribution in [0.1, 0.15) is 26.7 Å². The van der Waals surface area contributed by atoms with Crippen LogP contribution in [0.3, 0.4) is 0 Å². The van der Waals surface area contributed by atoms with E-state index in [1.165, 1.54) is 11.9 Å². The topological polar surface area (TPSA) is 78.2 Å². The first-order chi connectivity index (χ1) is 7.35. The molecule has 0 aliphatic rings. The molecule has 1 atom stereocenters. The number of carbonyl (C=O) groups excluding carboxylic acids is 1. The van der Waals surface area contributed by atoms with Gasteiger partial charge in [-0.25, -0.2) is 8.42 Å². The number of nitrogens with zero attached hydrogens (tertiary/aromatic N) is 2. The summed E-state index contributed by atoms with van der Waals surface area (Å²) in [5.74, 6) is -0.917. The Labute approximate surface area is 97.0 Å². The molecule has 0 saturated heterocycles. The molecule has 0 fully saturated rings. The lowest BCUT2D eigenvalue weighted by atomic mass is 10.4. The Kier molecular flexibility index (Phi) is 6.04. The number of carbonyl (C=O) groups is 1. The molecule has 6 heteroatoms. The largest absolute Gasteiger partial charge is 0.344 e. The minimum Gasteiger partial charge on any atom is -0.344 e. The third kappa shape index (κ3) is 4.62. The van der Waals surface area contributed by atoms with Crippen molar-refractivity contribution < 1.29 is 13.2 Å². The summed E-state index contributed by atoms with van der Waals surface area (Å²) in [4.78, 5) is 12.8. The van der Waals surface area contributed by atoms with Crippen LogP contribution in [-0.4, -0.2) is 43.8 Å². The van der Waals surface area contributed by atoms with Gasteiger partial charge in [0.05, 0.1) is 17.7 Å². The molecule has 0 aliphatic carbocycles. The van der Waals surface area contributed by atoms with E-state index in [1.54, 1.807) is 13.8 Å². The molecule has 0 saturated carbocycles. The fourth-order valence-electron chi connectivity index (χ4n) is 1.02. The summed E-state index contributed by atoms with van der Waals surface area (Å²) in [7, 11) is -1.85. The monoisotopic (exact) mass is 246 g/mol. The van der Waals surface area contributed by atoms with Gasteiger partial charge < -0.3 is 4.90 Å². The number of nitriles is 1. The normalized spacial score (nSPS) is 12.9. The lowest BCUT2D eigenvalue weighted by Crippen LogP contribution is -2.35. The van der Waals surface area contributed by atoms with Crippen LogP contribution in [0.5, 0.6) is 0 Å². The summed E-state index contributed by atoms with van der Waals surface area (Å²) >= 11 is 0. The van der Waals surface area contributed by atoms with E-state index in [2.05, 4.69) is 0 Å². The van der Waals surface area contributed by atoms with E-state index in [0.29, 0.717) is 6.42 Å². The van der Waals surface area contributed by atoms with Crippen LogP contribution in [0.2, 0.25) is 0 Å². The Morgan fingerprint density at radius 2 is 2.06 bits per heavy atom. The highest BCUT2D eigenvalue weighted by Gasteiger charge is 2.24. The standard InChI is InChI=1S/C10H18N2O3S/c1-4-9(2)16(14,15)8-10(13)12(3)7-5-6-11/h9H,4-5,7-8H2,1-3H3. The zero-order valence-corrected chi connectivity index (χ0v) is 10.7. The third-order valence-corrected chi connectivity index (χ3v) is 4.71. The summed E-state index contributed by atoms with van der Waals surface area (Å²) in [6, 6.07) is 1.91. The first-order valence-electron chi connectivity index (χ1n) is 5.17. The first kappa shape index (κ1) is 14.9. The van der Waals surface area contributed by atoms with Crippen molar-refractivity contribution in [1.82, 2.24) is 4.90 Å². The number of hydrogen-bond donors (Lipinski definition) is 0. The van der Waals surface area contributed by atoms with Gasteiger partial charge in [0.1, 0.15) is 5.75 Å². The fourth-order valence-corrected chi connectivity index (χ4v) is 2.38. The molecule has 16 heavy (non-hydrogen) atoms. The van der Waals surface area contributed by atoms with E-state index in [-0.39, 0.29) is 13.0 Å². The Hall–Kier alpha value is -1.09. The molecule has 0 spiro atoms. The number of hydrogen-bond acceptors (Lipinski definition) is 4. The van der Waals surface area contributed by atoms with Crippen molar-refractivity contribution in [3.05, 3.63) is 0 Å². The van der Waals surface area contributed by atoms with Gasteiger partial charge in [0.2, 0.25) is 5.91 Å². The maximum Gasteiger partial charge on any atom is 0.237 e. The van der Waals surface area contributed by atoms with E-state index in [0.717, 1.165) is 0 Å². The summed E-state index contributed by atoms with van der Waals surface area (Å²) in [5.41, 5.74) is 0. The summed E-state index contributed by atoms with van der Waals surface area (Å²) in [5, 5.41) is 7.85. The molecule has 0 aromatic rings. The van der Waals surface area contributed by atoms with Crippen molar-refractivity contribution in [3.8, 4) is 6.07 Å². The molecule has 0 heterocycles. The van der Waals surface area contributed by atoms with Crippen molar-refractivity contribution in [3.63, 3.8) is 0 Å². The number of sulfone groups is 1. The second-order valence-electron chi connectivity index (χ2n) is 3.75. The van der Waals surface area contributed by atoms with Gasteiger partial charge in [-0.15, -0.1) is 0 Å². The Morgan fingerprint density at radius 1 is 1.50 bits per heavy atom. The second-order valence-corrected chi connectivity index (χ2v) is 6.17. The average molecular weight is 246 g/mol. The highest BCUT2D eigenvalue weighted by Crippen LogP contribution is 2.07. The number of amides is 1. The van der Waals surface area contributed by atoms with Crippen molar-refractivity contribution in [2.24, 2.45) is 0 Å². The zero-order valence-electron chi connectivity index (χ0n) is 9.93. The van der Waals surface area contributed by atoms with E-state index in [4.69, 9.17) is 5.26 Å². The van der Waals surface area contributed by atoms with E-state index in [9.17, 15) is 13.2 Å². The van der Waals surface area contributed by atoms with Crippen molar-refractivity contribution >= 4 is 15.7 Å². The van der Waals surface area contributed by atoms with Crippen molar-refractivity contribution in [2.45, 2.75) is 31.9 Å². The first-order valence-corrected chi connectivity index (χ1v) is 6.89. The summed E-state index contributed by atoms with van der Waals surface area (Å²) in [6.07, 6.45) is 0.711. The predicted molar refractivity (Wildman–Crippen MR) is 61.4 cm³/mol. The molecule has 0 aromatic heterocycles. The molecule has 5 nitrogen and oxygen atoms in total. The van der Waals surface area contributed by atoms with Gasteiger partial charge in [-0.3, -0.25) is 4.79 Å². The van der Waals surface area contributed by atoms with Gasteiger partial charge in [-0.05, 0) is 13.3 Å². The molecule has 92 valence electrons. The van der Waals surface area contributed by atoms with Crippen LogP contribution >= 0.6 is 0 Å². The smallest absolute Gasteiger partial charge is 0.237 e. The van der Waals surface area contributed by atoms with E-state index < -0.39 is 26.7 Å². The molecule has 0 rings (SSSR count). The predicted octanol–water partition coefficient (Wildman–Crippen LogP) is 0.572.